The molecular weight excluding hydrogens is 572 g/mol. The predicted molar refractivity (Wildman–Crippen MR) is 163 cm³/mol. The fourth-order valence-corrected chi connectivity index (χ4v) is 4.12. The maximum absolute atomic E-state index is 11.5. The Bertz CT molecular complexity index is 1480. The third-order valence-corrected chi connectivity index (χ3v) is 6.39. The van der Waals surface area contributed by atoms with Crippen molar-refractivity contribution >= 4 is 24.1 Å². The summed E-state index contributed by atoms with van der Waals surface area (Å²) in [5.74, 6) is 1.37. The number of ether oxygens (including phenoxy) is 8. The van der Waals surface area contributed by atoms with Gasteiger partial charge in [-0.2, -0.15) is 0 Å². The highest BCUT2D eigenvalue weighted by Gasteiger charge is 2.30. The second-order valence-electron chi connectivity index (χ2n) is 9.03. The Kier molecular flexibility index (Phi) is 12.5. The molecule has 0 radical (unpaired) electrons. The molecule has 44 heavy (non-hydrogen) atoms. The number of benzene rings is 3. The van der Waals surface area contributed by atoms with Crippen LogP contribution in [0.25, 0.3) is 12.2 Å². The van der Waals surface area contributed by atoms with Crippen molar-refractivity contribution in [1.82, 2.24) is 0 Å². The number of methoxy groups -OCH3 is 6. The minimum atomic E-state index is -0.956. The van der Waals surface area contributed by atoms with E-state index in [4.69, 9.17) is 28.4 Å². The highest BCUT2D eigenvalue weighted by molar-refractivity contribution is 5.87. The number of hydrogen-bond acceptors (Lipinski definition) is 11. The van der Waals surface area contributed by atoms with Gasteiger partial charge >= 0.3 is 11.9 Å². The van der Waals surface area contributed by atoms with Gasteiger partial charge in [0.25, 0.3) is 0 Å². The zero-order valence-corrected chi connectivity index (χ0v) is 25.4. The Hall–Kier alpha value is -5.16. The molecule has 0 spiro atoms. The van der Waals surface area contributed by atoms with Gasteiger partial charge < -0.3 is 43.0 Å². The molecule has 0 aliphatic rings. The first-order valence-electron chi connectivity index (χ1n) is 13.3. The normalized spacial score (nSPS) is 12.3. The lowest BCUT2D eigenvalue weighted by atomic mass is 10.0. The number of hydrogen-bond donors (Lipinski definition) is 1. The van der Waals surface area contributed by atoms with Crippen LogP contribution in [-0.4, -0.2) is 72.4 Å². The molecule has 0 fully saturated rings. The van der Waals surface area contributed by atoms with Gasteiger partial charge in [0.2, 0.25) is 0 Å². The molecule has 11 nitrogen and oxygen atoms in total. The Labute approximate surface area is 256 Å². The van der Waals surface area contributed by atoms with Gasteiger partial charge in [-0.1, -0.05) is 18.2 Å². The van der Waals surface area contributed by atoms with Gasteiger partial charge in [-0.15, -0.1) is 0 Å². The van der Waals surface area contributed by atoms with E-state index in [9.17, 15) is 14.7 Å². The van der Waals surface area contributed by atoms with Gasteiger partial charge in [0.1, 0.15) is 0 Å². The summed E-state index contributed by atoms with van der Waals surface area (Å²) in [6, 6.07) is 15.4. The van der Waals surface area contributed by atoms with Crippen molar-refractivity contribution in [3.05, 3.63) is 83.4 Å². The molecule has 0 saturated carbocycles. The van der Waals surface area contributed by atoms with Crippen LogP contribution in [0.2, 0.25) is 0 Å². The van der Waals surface area contributed by atoms with E-state index in [1.54, 1.807) is 66.7 Å². The average Bonchev–Trinajstić information content (AvgIpc) is 3.07. The molecule has 0 saturated heterocycles. The molecule has 2 atom stereocenters. The second kappa shape index (κ2) is 16.5. The number of carbonyl (C=O) groups excluding carboxylic acids is 2. The summed E-state index contributed by atoms with van der Waals surface area (Å²) in [6.45, 7) is -0.450. The number of rotatable bonds is 15. The molecular formula is C33H36O11. The van der Waals surface area contributed by atoms with Crippen LogP contribution in [0, 0.1) is 0 Å². The second-order valence-corrected chi connectivity index (χ2v) is 9.03. The van der Waals surface area contributed by atoms with Crippen molar-refractivity contribution in [2.75, 3.05) is 49.3 Å². The van der Waals surface area contributed by atoms with Crippen LogP contribution < -0.4 is 28.4 Å². The smallest absolute Gasteiger partial charge is 0.330 e. The summed E-state index contributed by atoms with van der Waals surface area (Å²) in [7, 11) is 8.60. The maximum Gasteiger partial charge on any atom is 0.330 e. The molecule has 0 aromatic heterocycles. The molecule has 3 aromatic carbocycles. The van der Waals surface area contributed by atoms with Crippen molar-refractivity contribution in [1.29, 1.82) is 0 Å². The minimum Gasteiger partial charge on any atom is -0.493 e. The van der Waals surface area contributed by atoms with Crippen molar-refractivity contribution in [2.45, 2.75) is 12.2 Å². The molecule has 0 amide bonds. The molecule has 3 rings (SSSR count). The summed E-state index contributed by atoms with van der Waals surface area (Å²) >= 11 is 0. The van der Waals surface area contributed by atoms with Gasteiger partial charge in [0.05, 0.1) is 49.3 Å². The van der Waals surface area contributed by atoms with Crippen molar-refractivity contribution in [3.8, 4) is 34.5 Å². The highest BCUT2D eigenvalue weighted by Crippen LogP contribution is 2.39. The van der Waals surface area contributed by atoms with Gasteiger partial charge in [-0.3, -0.25) is 0 Å². The zero-order chi connectivity index (χ0) is 32.1. The van der Waals surface area contributed by atoms with E-state index in [-0.39, 0.29) is 0 Å². The van der Waals surface area contributed by atoms with E-state index in [1.165, 1.54) is 54.8 Å². The van der Waals surface area contributed by atoms with E-state index < -0.39 is 30.8 Å². The van der Waals surface area contributed by atoms with Crippen LogP contribution >= 0.6 is 0 Å². The van der Waals surface area contributed by atoms with Gasteiger partial charge in [0, 0.05) is 17.7 Å². The Morgan fingerprint density at radius 3 is 1.52 bits per heavy atom. The van der Waals surface area contributed by atoms with Crippen molar-refractivity contribution in [2.24, 2.45) is 0 Å². The van der Waals surface area contributed by atoms with Crippen LogP contribution in [0.15, 0.2) is 66.7 Å². The highest BCUT2D eigenvalue weighted by atomic mass is 16.6. The molecule has 1 N–H and O–H groups in total. The maximum atomic E-state index is 11.5. The van der Waals surface area contributed by atoms with Gasteiger partial charge in [0.15, 0.2) is 46.7 Å². The summed E-state index contributed by atoms with van der Waals surface area (Å²) in [6.07, 6.45) is 3.89. The first kappa shape index (κ1) is 33.3. The SMILES string of the molecule is COC(=O)/C=C/c1ccc(OC(CO)C(Oc2ccc(/C=C/C(=O)OC)cc2OC)c2ccc(OC)c(OC)c2)c(OC)c1. The summed E-state index contributed by atoms with van der Waals surface area (Å²) < 4.78 is 44.1. The molecule has 0 aliphatic heterocycles. The van der Waals surface area contributed by atoms with E-state index in [0.717, 1.165) is 0 Å². The van der Waals surface area contributed by atoms with Crippen LogP contribution in [0.4, 0.5) is 0 Å². The number of aliphatic hydroxyl groups is 1. The number of esters is 2. The van der Waals surface area contributed by atoms with E-state index in [1.807, 2.05) is 0 Å². The van der Waals surface area contributed by atoms with Crippen LogP contribution in [0.1, 0.15) is 22.8 Å². The molecule has 2 unspecified atom stereocenters. The lowest BCUT2D eigenvalue weighted by Gasteiger charge is -2.29. The first-order chi connectivity index (χ1) is 21.3. The third-order valence-electron chi connectivity index (χ3n) is 6.39. The van der Waals surface area contributed by atoms with Gasteiger partial charge in [-0.25, -0.2) is 9.59 Å². The molecule has 11 heteroatoms. The lowest BCUT2D eigenvalue weighted by molar-refractivity contribution is -0.135. The van der Waals surface area contributed by atoms with Crippen LogP contribution in [0.3, 0.4) is 0 Å². The lowest BCUT2D eigenvalue weighted by Crippen LogP contribution is -2.33. The quantitative estimate of drug-likeness (QED) is 0.191. The fraction of sp³-hybridized carbons (Fsp3) is 0.273. The Balaban J connectivity index is 2.04. The summed E-state index contributed by atoms with van der Waals surface area (Å²) in [5.41, 5.74) is 1.94. The minimum absolute atomic E-state index is 0.325. The molecule has 0 aliphatic carbocycles. The predicted octanol–water partition coefficient (Wildman–Crippen LogP) is 4.65. The molecule has 0 heterocycles. The molecule has 3 aromatic rings. The van der Waals surface area contributed by atoms with Gasteiger partial charge in [-0.05, 0) is 59.7 Å². The van der Waals surface area contributed by atoms with E-state index in [2.05, 4.69) is 9.47 Å². The first-order valence-corrected chi connectivity index (χ1v) is 13.3. The zero-order valence-electron chi connectivity index (χ0n) is 25.4. The van der Waals surface area contributed by atoms with E-state index in [0.29, 0.717) is 51.2 Å². The average molecular weight is 609 g/mol. The van der Waals surface area contributed by atoms with E-state index >= 15 is 0 Å². The summed E-state index contributed by atoms with van der Waals surface area (Å²) in [5, 5.41) is 10.6. The van der Waals surface area contributed by atoms with Crippen molar-refractivity contribution < 1.29 is 52.6 Å². The van der Waals surface area contributed by atoms with Crippen LogP contribution in [0.5, 0.6) is 34.5 Å². The monoisotopic (exact) mass is 608 g/mol. The number of carbonyl (C=O) groups is 2. The van der Waals surface area contributed by atoms with Crippen LogP contribution in [-0.2, 0) is 19.1 Å². The largest absolute Gasteiger partial charge is 0.493 e. The third kappa shape index (κ3) is 8.68. The summed E-state index contributed by atoms with van der Waals surface area (Å²) in [4.78, 5) is 23.1. The molecule has 0 bridgehead atoms. The Morgan fingerprint density at radius 2 is 1.07 bits per heavy atom. The Morgan fingerprint density at radius 1 is 0.614 bits per heavy atom. The topological polar surface area (TPSA) is 128 Å². The number of aliphatic hydroxyl groups excluding tert-OH is 1. The molecule has 234 valence electrons. The standard InChI is InChI=1S/C33H36O11/c1-37-24-14-11-23(19-29(24)40-4)33(44-26-13-8-22(18-28(26)39-3)10-16-32(36)42-6)30(20-34)43-25-12-7-21(17-27(25)38-2)9-15-31(35)41-5/h7-19,30,33-34H,20H2,1-6H3/b15-9+,16-10+. The van der Waals surface area contributed by atoms with Crippen molar-refractivity contribution in [3.63, 3.8) is 0 Å². The fourth-order valence-electron chi connectivity index (χ4n) is 4.12.